The minimum atomic E-state index is -0.00805. The standard InChI is InChI=1S/C23H29N3O2/c1-17-9-8-10-18(2)23(17)28-16-7-6-15-26-21-12-5-4-11-20(21)25-22(26)13-14-24-19(3)27/h4-5,8-12H,6-7,13-16H2,1-3H3,(H,24,27). The number of aryl methyl sites for hydroxylation is 3. The molecule has 3 rings (SSSR count). The number of para-hydroxylation sites is 3. The number of imidazole rings is 1. The van der Waals surface area contributed by atoms with Gasteiger partial charge >= 0.3 is 0 Å². The lowest BCUT2D eigenvalue weighted by Gasteiger charge is -2.13. The van der Waals surface area contributed by atoms with Gasteiger partial charge in [0.25, 0.3) is 0 Å². The molecular weight excluding hydrogens is 350 g/mol. The second-order valence-corrected chi connectivity index (χ2v) is 7.18. The number of fused-ring (bicyclic) bond motifs is 1. The van der Waals surface area contributed by atoms with Crippen LogP contribution in [0.25, 0.3) is 11.0 Å². The van der Waals surface area contributed by atoms with Crippen molar-refractivity contribution in [1.29, 1.82) is 0 Å². The van der Waals surface area contributed by atoms with Gasteiger partial charge in [0.2, 0.25) is 5.91 Å². The normalized spacial score (nSPS) is 11.0. The first kappa shape index (κ1) is 19.9. The van der Waals surface area contributed by atoms with Crippen LogP contribution < -0.4 is 10.1 Å². The molecule has 1 amide bonds. The fraction of sp³-hybridized carbons (Fsp3) is 0.391. The monoisotopic (exact) mass is 379 g/mol. The minimum Gasteiger partial charge on any atom is -0.493 e. The van der Waals surface area contributed by atoms with Crippen LogP contribution in [0.4, 0.5) is 0 Å². The average molecular weight is 380 g/mol. The maximum absolute atomic E-state index is 11.1. The van der Waals surface area contributed by atoms with Crippen molar-refractivity contribution in [2.24, 2.45) is 0 Å². The van der Waals surface area contributed by atoms with E-state index in [2.05, 4.69) is 48.0 Å². The minimum absolute atomic E-state index is 0.00805. The van der Waals surface area contributed by atoms with Crippen LogP contribution in [-0.2, 0) is 17.8 Å². The Hall–Kier alpha value is -2.82. The van der Waals surface area contributed by atoms with Crippen LogP contribution in [0.5, 0.6) is 5.75 Å². The van der Waals surface area contributed by atoms with Gasteiger partial charge in [-0.2, -0.15) is 0 Å². The van der Waals surface area contributed by atoms with Crippen LogP contribution in [0.15, 0.2) is 42.5 Å². The number of nitrogens with one attached hydrogen (secondary N) is 1. The third-order valence-corrected chi connectivity index (χ3v) is 4.89. The van der Waals surface area contributed by atoms with Gasteiger partial charge in [0.1, 0.15) is 11.6 Å². The Balaban J connectivity index is 1.59. The Morgan fingerprint density at radius 3 is 2.57 bits per heavy atom. The maximum atomic E-state index is 11.1. The van der Waals surface area contributed by atoms with Crippen molar-refractivity contribution in [3.63, 3.8) is 0 Å². The quantitative estimate of drug-likeness (QED) is 0.567. The summed E-state index contributed by atoms with van der Waals surface area (Å²) in [4.78, 5) is 15.9. The molecule has 28 heavy (non-hydrogen) atoms. The van der Waals surface area contributed by atoms with E-state index in [4.69, 9.17) is 9.72 Å². The van der Waals surface area contributed by atoms with Crippen molar-refractivity contribution in [2.45, 2.75) is 46.6 Å². The molecule has 5 nitrogen and oxygen atoms in total. The maximum Gasteiger partial charge on any atom is 0.216 e. The summed E-state index contributed by atoms with van der Waals surface area (Å²) in [5, 5.41) is 2.86. The predicted octanol–water partition coefficient (Wildman–Crippen LogP) is 4.19. The highest BCUT2D eigenvalue weighted by molar-refractivity contribution is 5.76. The van der Waals surface area contributed by atoms with Gasteiger partial charge in [0, 0.05) is 26.4 Å². The molecule has 0 aliphatic rings. The van der Waals surface area contributed by atoms with E-state index in [1.54, 1.807) is 6.92 Å². The topological polar surface area (TPSA) is 56.2 Å². The van der Waals surface area contributed by atoms with Crippen molar-refractivity contribution in [2.75, 3.05) is 13.2 Å². The molecule has 1 heterocycles. The molecule has 0 saturated carbocycles. The lowest BCUT2D eigenvalue weighted by atomic mass is 10.1. The van der Waals surface area contributed by atoms with Crippen molar-refractivity contribution in [3.8, 4) is 5.75 Å². The number of carbonyl (C=O) groups excluding carboxylic acids is 1. The Morgan fingerprint density at radius 2 is 1.82 bits per heavy atom. The molecule has 2 aromatic carbocycles. The molecule has 3 aromatic rings. The lowest BCUT2D eigenvalue weighted by Crippen LogP contribution is -2.23. The Labute approximate surface area is 166 Å². The van der Waals surface area contributed by atoms with Gasteiger partial charge in [0.15, 0.2) is 0 Å². The largest absolute Gasteiger partial charge is 0.493 e. The summed E-state index contributed by atoms with van der Waals surface area (Å²) in [5.41, 5.74) is 4.52. The number of unbranched alkanes of at least 4 members (excludes halogenated alkanes) is 1. The molecule has 1 N–H and O–H groups in total. The zero-order valence-corrected chi connectivity index (χ0v) is 17.0. The number of nitrogens with zero attached hydrogens (tertiary/aromatic N) is 2. The summed E-state index contributed by atoms with van der Waals surface area (Å²) in [7, 11) is 0. The fourth-order valence-electron chi connectivity index (χ4n) is 3.49. The van der Waals surface area contributed by atoms with Crippen LogP contribution in [0.2, 0.25) is 0 Å². The number of ether oxygens (including phenoxy) is 1. The van der Waals surface area contributed by atoms with Crippen LogP contribution in [0.3, 0.4) is 0 Å². The van der Waals surface area contributed by atoms with E-state index in [0.29, 0.717) is 13.2 Å². The number of carbonyl (C=O) groups is 1. The highest BCUT2D eigenvalue weighted by atomic mass is 16.5. The lowest BCUT2D eigenvalue weighted by molar-refractivity contribution is -0.118. The Morgan fingerprint density at radius 1 is 1.07 bits per heavy atom. The molecule has 0 fully saturated rings. The van der Waals surface area contributed by atoms with Crippen LogP contribution in [-0.4, -0.2) is 28.6 Å². The molecule has 148 valence electrons. The van der Waals surface area contributed by atoms with Gasteiger partial charge in [-0.25, -0.2) is 4.98 Å². The molecule has 0 radical (unpaired) electrons. The molecule has 0 atom stereocenters. The van der Waals surface area contributed by atoms with E-state index in [1.807, 2.05) is 18.2 Å². The number of hydrogen-bond donors (Lipinski definition) is 1. The van der Waals surface area contributed by atoms with E-state index in [-0.39, 0.29) is 5.91 Å². The summed E-state index contributed by atoms with van der Waals surface area (Å²) in [6.07, 6.45) is 2.72. The second-order valence-electron chi connectivity index (χ2n) is 7.18. The predicted molar refractivity (Wildman–Crippen MR) is 113 cm³/mol. The van der Waals surface area contributed by atoms with Gasteiger partial charge in [-0.15, -0.1) is 0 Å². The fourth-order valence-corrected chi connectivity index (χ4v) is 3.49. The first-order chi connectivity index (χ1) is 13.6. The molecular formula is C23H29N3O2. The van der Waals surface area contributed by atoms with E-state index in [0.717, 1.165) is 48.4 Å². The Bertz CT molecular complexity index is 926. The van der Waals surface area contributed by atoms with Crippen LogP contribution in [0.1, 0.15) is 36.7 Å². The number of benzene rings is 2. The average Bonchev–Trinajstić information content (AvgIpc) is 3.01. The van der Waals surface area contributed by atoms with Crippen molar-refractivity contribution < 1.29 is 9.53 Å². The first-order valence-electron chi connectivity index (χ1n) is 9.94. The molecule has 5 heteroatoms. The third kappa shape index (κ3) is 4.91. The summed E-state index contributed by atoms with van der Waals surface area (Å²) in [6.45, 7) is 7.92. The van der Waals surface area contributed by atoms with Crippen molar-refractivity contribution in [3.05, 3.63) is 59.4 Å². The van der Waals surface area contributed by atoms with E-state index in [1.165, 1.54) is 11.1 Å². The zero-order chi connectivity index (χ0) is 19.9. The highest BCUT2D eigenvalue weighted by Crippen LogP contribution is 2.23. The molecule has 0 aliphatic carbocycles. The number of rotatable bonds is 9. The summed E-state index contributed by atoms with van der Waals surface area (Å²) in [5.74, 6) is 2.02. The highest BCUT2D eigenvalue weighted by Gasteiger charge is 2.10. The smallest absolute Gasteiger partial charge is 0.216 e. The van der Waals surface area contributed by atoms with Gasteiger partial charge in [-0.05, 0) is 49.9 Å². The first-order valence-corrected chi connectivity index (χ1v) is 9.94. The molecule has 0 unspecified atom stereocenters. The summed E-state index contributed by atoms with van der Waals surface area (Å²) in [6, 6.07) is 14.4. The molecule has 1 aromatic heterocycles. The number of amides is 1. The third-order valence-electron chi connectivity index (χ3n) is 4.89. The van der Waals surface area contributed by atoms with Crippen molar-refractivity contribution >= 4 is 16.9 Å². The second kappa shape index (κ2) is 9.40. The Kier molecular flexibility index (Phi) is 6.69. The van der Waals surface area contributed by atoms with Crippen molar-refractivity contribution in [1.82, 2.24) is 14.9 Å². The summed E-state index contributed by atoms with van der Waals surface area (Å²) >= 11 is 0. The van der Waals surface area contributed by atoms with Crippen LogP contribution >= 0.6 is 0 Å². The van der Waals surface area contributed by atoms with E-state index in [9.17, 15) is 4.79 Å². The van der Waals surface area contributed by atoms with Gasteiger partial charge in [0.05, 0.1) is 17.6 Å². The SMILES string of the molecule is CC(=O)NCCc1nc2ccccc2n1CCCCOc1c(C)cccc1C. The van der Waals surface area contributed by atoms with Gasteiger partial charge in [-0.1, -0.05) is 30.3 Å². The van der Waals surface area contributed by atoms with Gasteiger partial charge < -0.3 is 14.6 Å². The molecule has 0 saturated heterocycles. The molecule has 0 spiro atoms. The molecule has 0 aliphatic heterocycles. The number of hydrogen-bond acceptors (Lipinski definition) is 3. The van der Waals surface area contributed by atoms with E-state index >= 15 is 0 Å². The zero-order valence-electron chi connectivity index (χ0n) is 17.0. The molecule has 0 bridgehead atoms. The van der Waals surface area contributed by atoms with Crippen LogP contribution in [0, 0.1) is 13.8 Å². The summed E-state index contributed by atoms with van der Waals surface area (Å²) < 4.78 is 8.30. The van der Waals surface area contributed by atoms with Gasteiger partial charge in [-0.3, -0.25) is 4.79 Å². The van der Waals surface area contributed by atoms with E-state index < -0.39 is 0 Å². The number of aromatic nitrogens is 2.